The molecule has 0 aromatic heterocycles. The summed E-state index contributed by atoms with van der Waals surface area (Å²) in [5, 5.41) is 0. The van der Waals surface area contributed by atoms with E-state index in [4.69, 9.17) is 0 Å². The van der Waals surface area contributed by atoms with Crippen LogP contribution in [0.5, 0.6) is 0 Å². The van der Waals surface area contributed by atoms with E-state index in [1.807, 2.05) is 0 Å². The minimum Gasteiger partial charge on any atom is -0.301 e. The van der Waals surface area contributed by atoms with E-state index in [9.17, 15) is 0 Å². The second kappa shape index (κ2) is 8.97. The maximum atomic E-state index is 2.58. The first-order chi connectivity index (χ1) is 7.93. The maximum absolute atomic E-state index is 2.58. The second-order valence-corrected chi connectivity index (χ2v) is 6.45. The predicted molar refractivity (Wildman–Crippen MR) is 79.5 cm³/mol. The van der Waals surface area contributed by atoms with E-state index < -0.39 is 0 Å². The molecule has 0 aromatic carbocycles. The zero-order valence-electron chi connectivity index (χ0n) is 13.2. The molecule has 0 atom stereocenters. The van der Waals surface area contributed by atoms with Crippen LogP contribution in [0.15, 0.2) is 0 Å². The molecule has 0 heterocycles. The third-order valence-electron chi connectivity index (χ3n) is 3.92. The summed E-state index contributed by atoms with van der Waals surface area (Å²) >= 11 is 0. The standard InChI is InChI=1S/C16H35N/c1-7-9-10-11-12-16(5,6)13-14-17(8-2)15(3)4/h15H,7-14H2,1-6H3. The quantitative estimate of drug-likeness (QED) is 0.481. The minimum atomic E-state index is 0.524. The van der Waals surface area contributed by atoms with E-state index >= 15 is 0 Å². The lowest BCUT2D eigenvalue weighted by Gasteiger charge is -2.31. The van der Waals surface area contributed by atoms with Gasteiger partial charge in [-0.1, -0.05) is 53.4 Å². The maximum Gasteiger partial charge on any atom is 0.00384 e. The van der Waals surface area contributed by atoms with Crippen LogP contribution in [0.1, 0.15) is 80.1 Å². The third kappa shape index (κ3) is 8.65. The Morgan fingerprint density at radius 1 is 0.941 bits per heavy atom. The summed E-state index contributed by atoms with van der Waals surface area (Å²) in [6.07, 6.45) is 8.31. The Morgan fingerprint density at radius 2 is 1.59 bits per heavy atom. The highest BCUT2D eigenvalue weighted by Gasteiger charge is 2.19. The SMILES string of the molecule is CCCCCCC(C)(C)CCN(CC)C(C)C. The Kier molecular flexibility index (Phi) is 8.94. The van der Waals surface area contributed by atoms with Gasteiger partial charge in [-0.05, 0) is 45.2 Å². The zero-order valence-corrected chi connectivity index (χ0v) is 13.2. The fraction of sp³-hybridized carbons (Fsp3) is 1.00. The molecule has 0 bridgehead atoms. The van der Waals surface area contributed by atoms with Crippen molar-refractivity contribution in [2.75, 3.05) is 13.1 Å². The molecule has 0 saturated heterocycles. The summed E-state index contributed by atoms with van der Waals surface area (Å²) in [5.41, 5.74) is 0.524. The lowest BCUT2D eigenvalue weighted by Crippen LogP contribution is -2.33. The van der Waals surface area contributed by atoms with Crippen molar-refractivity contribution in [3.63, 3.8) is 0 Å². The predicted octanol–water partition coefficient (Wildman–Crippen LogP) is 5.10. The average molecular weight is 241 g/mol. The van der Waals surface area contributed by atoms with Gasteiger partial charge >= 0.3 is 0 Å². The summed E-state index contributed by atoms with van der Waals surface area (Å²) in [5.74, 6) is 0. The summed E-state index contributed by atoms with van der Waals surface area (Å²) < 4.78 is 0. The van der Waals surface area contributed by atoms with Crippen LogP contribution in [0, 0.1) is 5.41 Å². The average Bonchev–Trinajstić information content (AvgIpc) is 2.25. The molecule has 0 aliphatic carbocycles. The molecule has 104 valence electrons. The Balaban J connectivity index is 3.82. The van der Waals surface area contributed by atoms with Gasteiger partial charge in [-0.2, -0.15) is 0 Å². The molecule has 0 aliphatic heterocycles. The topological polar surface area (TPSA) is 3.24 Å². The molecule has 0 aromatic rings. The Bertz CT molecular complexity index is 172. The largest absolute Gasteiger partial charge is 0.301 e. The molecule has 0 saturated carbocycles. The van der Waals surface area contributed by atoms with E-state index in [2.05, 4.69) is 46.4 Å². The Hall–Kier alpha value is -0.0400. The fourth-order valence-corrected chi connectivity index (χ4v) is 2.38. The molecule has 0 aliphatic rings. The molecule has 0 unspecified atom stereocenters. The van der Waals surface area contributed by atoms with E-state index in [0.717, 1.165) is 0 Å². The first-order valence-electron chi connectivity index (χ1n) is 7.67. The minimum absolute atomic E-state index is 0.524. The molecule has 17 heavy (non-hydrogen) atoms. The molecular formula is C16H35N. The highest BCUT2D eigenvalue weighted by Crippen LogP contribution is 2.28. The van der Waals surface area contributed by atoms with Gasteiger partial charge in [0.05, 0.1) is 0 Å². The molecule has 0 rings (SSSR count). The van der Waals surface area contributed by atoms with Crippen LogP contribution in [-0.2, 0) is 0 Å². The van der Waals surface area contributed by atoms with Gasteiger partial charge in [0.1, 0.15) is 0 Å². The van der Waals surface area contributed by atoms with E-state index in [1.54, 1.807) is 0 Å². The van der Waals surface area contributed by atoms with Crippen molar-refractivity contribution in [3.8, 4) is 0 Å². The lowest BCUT2D eigenvalue weighted by atomic mass is 9.83. The van der Waals surface area contributed by atoms with Crippen molar-refractivity contribution in [3.05, 3.63) is 0 Å². The van der Waals surface area contributed by atoms with Crippen molar-refractivity contribution >= 4 is 0 Å². The summed E-state index contributed by atoms with van der Waals surface area (Å²) in [7, 11) is 0. The zero-order chi connectivity index (χ0) is 13.3. The first kappa shape index (κ1) is 17.0. The Morgan fingerprint density at radius 3 is 2.06 bits per heavy atom. The van der Waals surface area contributed by atoms with Crippen LogP contribution in [0.3, 0.4) is 0 Å². The van der Waals surface area contributed by atoms with Gasteiger partial charge in [0.25, 0.3) is 0 Å². The Labute approximate surface area is 110 Å². The molecule has 0 spiro atoms. The number of nitrogens with zero attached hydrogens (tertiary/aromatic N) is 1. The highest BCUT2D eigenvalue weighted by molar-refractivity contribution is 4.72. The summed E-state index contributed by atoms with van der Waals surface area (Å²) in [4.78, 5) is 2.58. The van der Waals surface area contributed by atoms with E-state index in [-0.39, 0.29) is 0 Å². The highest BCUT2D eigenvalue weighted by atomic mass is 15.1. The van der Waals surface area contributed by atoms with Crippen LogP contribution in [0.2, 0.25) is 0 Å². The van der Waals surface area contributed by atoms with Crippen LogP contribution < -0.4 is 0 Å². The monoisotopic (exact) mass is 241 g/mol. The van der Waals surface area contributed by atoms with Crippen molar-refractivity contribution in [2.45, 2.75) is 86.1 Å². The number of unbranched alkanes of at least 4 members (excludes halogenated alkanes) is 3. The lowest BCUT2D eigenvalue weighted by molar-refractivity contribution is 0.182. The van der Waals surface area contributed by atoms with E-state index in [1.165, 1.54) is 51.6 Å². The van der Waals surface area contributed by atoms with Gasteiger partial charge in [-0.3, -0.25) is 0 Å². The summed E-state index contributed by atoms with van der Waals surface area (Å²) in [6, 6.07) is 0.691. The molecule has 0 N–H and O–H groups in total. The number of rotatable bonds is 10. The fourth-order valence-electron chi connectivity index (χ4n) is 2.38. The third-order valence-corrected chi connectivity index (χ3v) is 3.92. The second-order valence-electron chi connectivity index (χ2n) is 6.45. The molecular weight excluding hydrogens is 206 g/mol. The molecule has 1 nitrogen and oxygen atoms in total. The van der Waals surface area contributed by atoms with Gasteiger partial charge in [0.15, 0.2) is 0 Å². The van der Waals surface area contributed by atoms with Crippen LogP contribution in [0.25, 0.3) is 0 Å². The van der Waals surface area contributed by atoms with Gasteiger partial charge in [0, 0.05) is 6.04 Å². The molecule has 0 fully saturated rings. The van der Waals surface area contributed by atoms with Crippen molar-refractivity contribution in [1.82, 2.24) is 4.90 Å². The van der Waals surface area contributed by atoms with Crippen LogP contribution >= 0.6 is 0 Å². The van der Waals surface area contributed by atoms with Crippen molar-refractivity contribution < 1.29 is 0 Å². The smallest absolute Gasteiger partial charge is 0.00384 e. The van der Waals surface area contributed by atoms with Crippen molar-refractivity contribution in [2.24, 2.45) is 5.41 Å². The van der Waals surface area contributed by atoms with Gasteiger partial charge < -0.3 is 4.90 Å². The first-order valence-corrected chi connectivity index (χ1v) is 7.67. The van der Waals surface area contributed by atoms with Gasteiger partial charge in [-0.15, -0.1) is 0 Å². The molecule has 1 heteroatoms. The summed E-state index contributed by atoms with van der Waals surface area (Å²) in [6.45, 7) is 16.5. The number of hydrogen-bond acceptors (Lipinski definition) is 1. The van der Waals surface area contributed by atoms with Crippen molar-refractivity contribution in [1.29, 1.82) is 0 Å². The number of hydrogen-bond donors (Lipinski definition) is 0. The molecule has 0 amide bonds. The van der Waals surface area contributed by atoms with Crippen LogP contribution in [0.4, 0.5) is 0 Å². The van der Waals surface area contributed by atoms with Gasteiger partial charge in [0.2, 0.25) is 0 Å². The van der Waals surface area contributed by atoms with Crippen LogP contribution in [-0.4, -0.2) is 24.0 Å². The van der Waals surface area contributed by atoms with E-state index in [0.29, 0.717) is 11.5 Å². The normalized spacial score (nSPS) is 12.7. The van der Waals surface area contributed by atoms with Gasteiger partial charge in [-0.25, -0.2) is 0 Å². The molecule has 0 radical (unpaired) electrons.